The quantitative estimate of drug-likeness (QED) is 0.757. The summed E-state index contributed by atoms with van der Waals surface area (Å²) in [5, 5.41) is 6.29. The van der Waals surface area contributed by atoms with E-state index in [4.69, 9.17) is 21.1 Å². The number of morpholine rings is 1. The predicted molar refractivity (Wildman–Crippen MR) is 70.4 cm³/mol. The van der Waals surface area contributed by atoms with E-state index in [1.54, 1.807) is 18.3 Å². The van der Waals surface area contributed by atoms with Crippen LogP contribution in [0.1, 0.15) is 0 Å². The van der Waals surface area contributed by atoms with E-state index in [-0.39, 0.29) is 11.9 Å². The third-order valence-electron chi connectivity index (χ3n) is 2.60. The van der Waals surface area contributed by atoms with E-state index in [1.807, 2.05) is 0 Å². The summed E-state index contributed by atoms with van der Waals surface area (Å²) in [7, 11) is 0. The zero-order chi connectivity index (χ0) is 13.5. The maximum atomic E-state index is 11.7. The molecule has 1 saturated heterocycles. The largest absolute Gasteiger partial charge is 0.475 e. The Morgan fingerprint density at radius 2 is 2.58 bits per heavy atom. The second-order valence-electron chi connectivity index (χ2n) is 4.01. The van der Waals surface area contributed by atoms with Crippen LogP contribution in [0.15, 0.2) is 18.3 Å². The van der Waals surface area contributed by atoms with Gasteiger partial charge in [-0.25, -0.2) is 4.98 Å². The first-order valence-electron chi connectivity index (χ1n) is 6.09. The van der Waals surface area contributed by atoms with Crippen molar-refractivity contribution in [2.45, 2.75) is 6.04 Å². The van der Waals surface area contributed by atoms with E-state index < -0.39 is 0 Å². The van der Waals surface area contributed by atoms with E-state index in [0.717, 1.165) is 0 Å². The van der Waals surface area contributed by atoms with Gasteiger partial charge in [0.25, 0.3) is 0 Å². The van der Waals surface area contributed by atoms with Crippen LogP contribution in [-0.4, -0.2) is 49.8 Å². The molecule has 1 amide bonds. The van der Waals surface area contributed by atoms with Crippen LogP contribution in [0, 0.1) is 0 Å². The number of nitrogens with one attached hydrogen (secondary N) is 2. The Balaban J connectivity index is 1.66. The van der Waals surface area contributed by atoms with Crippen LogP contribution in [-0.2, 0) is 9.53 Å². The van der Waals surface area contributed by atoms with Crippen molar-refractivity contribution in [3.8, 4) is 5.88 Å². The highest BCUT2D eigenvalue weighted by molar-refractivity contribution is 6.31. The molecule has 0 spiro atoms. The van der Waals surface area contributed by atoms with Gasteiger partial charge in [0.15, 0.2) is 0 Å². The molecule has 0 aromatic carbocycles. The lowest BCUT2D eigenvalue weighted by atomic mass is 10.2. The van der Waals surface area contributed by atoms with Crippen molar-refractivity contribution in [2.24, 2.45) is 0 Å². The van der Waals surface area contributed by atoms with Crippen molar-refractivity contribution in [2.75, 3.05) is 32.9 Å². The number of hydrogen-bond acceptors (Lipinski definition) is 5. The lowest BCUT2D eigenvalue weighted by molar-refractivity contribution is -0.126. The Bertz CT molecular complexity index is 424. The highest BCUT2D eigenvalue weighted by Crippen LogP contribution is 2.19. The molecule has 0 bridgehead atoms. The molecule has 1 fully saturated rings. The number of ether oxygens (including phenoxy) is 2. The molecule has 104 valence electrons. The molecule has 0 saturated carbocycles. The van der Waals surface area contributed by atoms with Gasteiger partial charge in [0.1, 0.15) is 17.7 Å². The van der Waals surface area contributed by atoms with Gasteiger partial charge in [-0.1, -0.05) is 11.6 Å². The number of aromatic nitrogens is 1. The van der Waals surface area contributed by atoms with Crippen LogP contribution < -0.4 is 15.4 Å². The van der Waals surface area contributed by atoms with Crippen LogP contribution in [0.25, 0.3) is 0 Å². The number of amides is 1. The van der Waals surface area contributed by atoms with Gasteiger partial charge in [0.05, 0.1) is 19.8 Å². The first-order valence-corrected chi connectivity index (χ1v) is 6.47. The summed E-state index contributed by atoms with van der Waals surface area (Å²) in [5.41, 5.74) is 0. The fraction of sp³-hybridized carbons (Fsp3) is 0.500. The molecule has 0 aliphatic carbocycles. The van der Waals surface area contributed by atoms with Gasteiger partial charge >= 0.3 is 0 Å². The maximum Gasteiger partial charge on any atom is 0.239 e. The first-order chi connectivity index (χ1) is 9.27. The number of halogens is 1. The monoisotopic (exact) mass is 285 g/mol. The fourth-order valence-electron chi connectivity index (χ4n) is 1.66. The number of carbonyl (C=O) groups is 1. The second-order valence-corrected chi connectivity index (χ2v) is 4.42. The average molecular weight is 286 g/mol. The van der Waals surface area contributed by atoms with Gasteiger partial charge in [-0.2, -0.15) is 0 Å². The summed E-state index contributed by atoms with van der Waals surface area (Å²) in [6.07, 6.45) is 1.60. The number of carbonyl (C=O) groups excluding carboxylic acids is 1. The number of rotatable bonds is 5. The third-order valence-corrected chi connectivity index (χ3v) is 2.89. The van der Waals surface area contributed by atoms with Gasteiger partial charge in [-0.3, -0.25) is 4.79 Å². The van der Waals surface area contributed by atoms with Crippen molar-refractivity contribution in [3.63, 3.8) is 0 Å². The van der Waals surface area contributed by atoms with Crippen molar-refractivity contribution < 1.29 is 14.3 Å². The molecule has 1 aliphatic rings. The number of pyridine rings is 1. The van der Waals surface area contributed by atoms with Crippen LogP contribution in [0.4, 0.5) is 0 Å². The maximum absolute atomic E-state index is 11.7. The summed E-state index contributed by atoms with van der Waals surface area (Å²) in [6.45, 7) is 2.45. The minimum Gasteiger partial charge on any atom is -0.475 e. The Morgan fingerprint density at radius 1 is 1.68 bits per heavy atom. The average Bonchev–Trinajstić information content (AvgIpc) is 2.46. The molecule has 0 radical (unpaired) electrons. The summed E-state index contributed by atoms with van der Waals surface area (Å²) < 4.78 is 10.6. The highest BCUT2D eigenvalue weighted by atomic mass is 35.5. The molecule has 7 heteroatoms. The van der Waals surface area contributed by atoms with E-state index in [9.17, 15) is 4.79 Å². The summed E-state index contributed by atoms with van der Waals surface area (Å²) in [4.78, 5) is 15.7. The molecule has 6 nitrogen and oxygen atoms in total. The molecule has 1 aromatic heterocycles. The first kappa shape index (κ1) is 14.0. The van der Waals surface area contributed by atoms with Crippen LogP contribution in [0.5, 0.6) is 5.88 Å². The Morgan fingerprint density at radius 3 is 3.32 bits per heavy atom. The summed E-state index contributed by atoms with van der Waals surface area (Å²) in [6, 6.07) is 3.14. The van der Waals surface area contributed by atoms with Crippen LogP contribution >= 0.6 is 11.6 Å². The molecular weight excluding hydrogens is 270 g/mol. The van der Waals surface area contributed by atoms with E-state index >= 15 is 0 Å². The van der Waals surface area contributed by atoms with Gasteiger partial charge in [0, 0.05) is 12.7 Å². The smallest absolute Gasteiger partial charge is 0.239 e. The van der Waals surface area contributed by atoms with Crippen LogP contribution in [0.3, 0.4) is 0 Å². The fourth-order valence-corrected chi connectivity index (χ4v) is 1.83. The molecule has 1 aliphatic heterocycles. The molecule has 19 heavy (non-hydrogen) atoms. The standard InChI is InChI=1S/C12H16ClN3O3/c13-9-2-1-3-16-12(9)19-7-5-15-11(17)10-8-18-6-4-14-10/h1-3,10,14H,4-8H2,(H,15,17)/t10-/m0/s1. The minimum atomic E-state index is -0.285. The molecule has 1 atom stereocenters. The van der Waals surface area contributed by atoms with Crippen molar-refractivity contribution >= 4 is 17.5 Å². The van der Waals surface area contributed by atoms with Gasteiger partial charge < -0.3 is 20.1 Å². The second kappa shape index (κ2) is 7.28. The van der Waals surface area contributed by atoms with Gasteiger partial charge in [0.2, 0.25) is 11.8 Å². The number of hydrogen-bond donors (Lipinski definition) is 2. The van der Waals surface area contributed by atoms with E-state index in [1.165, 1.54) is 0 Å². The topological polar surface area (TPSA) is 72.5 Å². The summed E-state index contributed by atoms with van der Waals surface area (Å²) >= 11 is 5.89. The van der Waals surface area contributed by atoms with Crippen molar-refractivity contribution in [1.82, 2.24) is 15.6 Å². The third kappa shape index (κ3) is 4.34. The highest BCUT2D eigenvalue weighted by Gasteiger charge is 2.20. The van der Waals surface area contributed by atoms with Gasteiger partial charge in [-0.15, -0.1) is 0 Å². The predicted octanol–water partition coefficient (Wildman–Crippen LogP) is 0.218. The van der Waals surface area contributed by atoms with Gasteiger partial charge in [-0.05, 0) is 12.1 Å². The Hall–Kier alpha value is -1.37. The lowest BCUT2D eigenvalue weighted by Gasteiger charge is -2.22. The lowest BCUT2D eigenvalue weighted by Crippen LogP contribution is -2.51. The van der Waals surface area contributed by atoms with E-state index in [0.29, 0.717) is 43.8 Å². The molecule has 2 heterocycles. The Kier molecular flexibility index (Phi) is 5.38. The zero-order valence-electron chi connectivity index (χ0n) is 10.4. The van der Waals surface area contributed by atoms with Crippen molar-refractivity contribution in [1.29, 1.82) is 0 Å². The molecule has 0 unspecified atom stereocenters. The van der Waals surface area contributed by atoms with Crippen LogP contribution in [0.2, 0.25) is 5.02 Å². The molecule has 2 N–H and O–H groups in total. The Labute approximate surface area is 116 Å². The minimum absolute atomic E-state index is 0.0876. The normalized spacial score (nSPS) is 18.9. The molecule has 2 rings (SSSR count). The van der Waals surface area contributed by atoms with E-state index in [2.05, 4.69) is 15.6 Å². The number of nitrogens with zero attached hydrogens (tertiary/aromatic N) is 1. The molecular formula is C12H16ClN3O3. The summed E-state index contributed by atoms with van der Waals surface area (Å²) in [5.74, 6) is 0.285. The van der Waals surface area contributed by atoms with Crippen molar-refractivity contribution in [3.05, 3.63) is 23.4 Å². The molecule has 1 aromatic rings. The SMILES string of the molecule is O=C(NCCOc1ncccc1Cl)[C@@H]1COCCN1. The zero-order valence-corrected chi connectivity index (χ0v) is 11.2.